The highest BCUT2D eigenvalue weighted by Gasteiger charge is 2.16. The highest BCUT2D eigenvalue weighted by atomic mass is 35.5. The van der Waals surface area contributed by atoms with Crippen LogP contribution in [0, 0.1) is 6.92 Å². The van der Waals surface area contributed by atoms with Crippen molar-refractivity contribution >= 4 is 56.0 Å². The molecule has 162 valence electrons. The van der Waals surface area contributed by atoms with Crippen molar-refractivity contribution in [1.82, 2.24) is 0 Å². The average Bonchev–Trinajstić information content (AvgIpc) is 2.73. The van der Waals surface area contributed by atoms with Gasteiger partial charge in [-0.2, -0.15) is 0 Å². The van der Waals surface area contributed by atoms with Crippen molar-refractivity contribution in [2.24, 2.45) is 0 Å². The molecule has 0 aromatic heterocycles. The Balaban J connectivity index is 1.72. The number of ether oxygens (including phenoxy) is 1. The van der Waals surface area contributed by atoms with Gasteiger partial charge in [-0.3, -0.25) is 4.72 Å². The van der Waals surface area contributed by atoms with Gasteiger partial charge in [0.15, 0.2) is 5.11 Å². The molecule has 0 atom stereocenters. The second kappa shape index (κ2) is 10.00. The minimum atomic E-state index is -3.78. The van der Waals surface area contributed by atoms with E-state index in [9.17, 15) is 8.42 Å². The lowest BCUT2D eigenvalue weighted by molar-refractivity contribution is 0.340. The molecule has 0 saturated carbocycles. The van der Waals surface area contributed by atoms with Crippen molar-refractivity contribution < 1.29 is 13.2 Å². The van der Waals surface area contributed by atoms with E-state index >= 15 is 0 Å². The SMILES string of the molecule is CCOc1ccc(NC(=S)Nc2cc(S(=O)(=O)Nc3ccc(Cl)cc3)ccc2C)cc1. The zero-order valence-electron chi connectivity index (χ0n) is 17.0. The van der Waals surface area contributed by atoms with E-state index in [1.807, 2.05) is 38.1 Å². The van der Waals surface area contributed by atoms with Gasteiger partial charge in [-0.05, 0) is 92.3 Å². The van der Waals surface area contributed by atoms with Crippen molar-refractivity contribution in [3.05, 3.63) is 77.3 Å². The smallest absolute Gasteiger partial charge is 0.261 e. The van der Waals surface area contributed by atoms with Gasteiger partial charge in [-0.1, -0.05) is 17.7 Å². The van der Waals surface area contributed by atoms with Crippen molar-refractivity contribution in [1.29, 1.82) is 0 Å². The Bertz CT molecular complexity index is 1170. The van der Waals surface area contributed by atoms with Crippen LogP contribution in [0.3, 0.4) is 0 Å². The van der Waals surface area contributed by atoms with Crippen molar-refractivity contribution in [3.8, 4) is 5.75 Å². The molecule has 0 saturated heterocycles. The second-order valence-corrected chi connectivity index (χ2v) is 9.15. The maximum atomic E-state index is 12.8. The number of rotatable bonds is 7. The van der Waals surface area contributed by atoms with Crippen LogP contribution < -0.4 is 20.1 Å². The molecule has 0 radical (unpaired) electrons. The summed E-state index contributed by atoms with van der Waals surface area (Å²) in [6.45, 7) is 4.38. The third-order valence-corrected chi connectivity index (χ3v) is 6.12. The standard InChI is InChI=1S/C22H22ClN3O3S2/c1-3-29-19-11-9-17(10-12-19)24-22(30)25-21-14-20(13-4-15(21)2)31(27,28)26-18-7-5-16(23)6-8-18/h4-14,26H,3H2,1-2H3,(H2,24,25,30). The van der Waals surface area contributed by atoms with Gasteiger partial charge in [0, 0.05) is 22.1 Å². The van der Waals surface area contributed by atoms with Crippen LogP contribution in [0.2, 0.25) is 5.02 Å². The van der Waals surface area contributed by atoms with Crippen LogP contribution in [0.25, 0.3) is 0 Å². The number of thiocarbonyl (C=S) groups is 1. The van der Waals surface area contributed by atoms with Gasteiger partial charge in [0.25, 0.3) is 10.0 Å². The molecule has 3 aromatic rings. The largest absolute Gasteiger partial charge is 0.494 e. The van der Waals surface area contributed by atoms with E-state index in [1.54, 1.807) is 42.5 Å². The highest BCUT2D eigenvalue weighted by Crippen LogP contribution is 2.24. The van der Waals surface area contributed by atoms with Crippen LogP contribution >= 0.6 is 23.8 Å². The monoisotopic (exact) mass is 475 g/mol. The lowest BCUT2D eigenvalue weighted by Gasteiger charge is -2.15. The Morgan fingerprint density at radius 3 is 2.26 bits per heavy atom. The fourth-order valence-corrected chi connectivity index (χ4v) is 4.16. The van der Waals surface area contributed by atoms with Crippen LogP contribution in [0.15, 0.2) is 71.6 Å². The minimum absolute atomic E-state index is 0.111. The van der Waals surface area contributed by atoms with Crippen LogP contribution in [0.4, 0.5) is 17.1 Å². The number of hydrogen-bond acceptors (Lipinski definition) is 4. The molecule has 9 heteroatoms. The van der Waals surface area contributed by atoms with Crippen molar-refractivity contribution in [2.45, 2.75) is 18.7 Å². The molecular formula is C22H22ClN3O3S2. The molecule has 3 N–H and O–H groups in total. The average molecular weight is 476 g/mol. The molecular weight excluding hydrogens is 454 g/mol. The van der Waals surface area contributed by atoms with Gasteiger partial charge in [0.05, 0.1) is 11.5 Å². The summed E-state index contributed by atoms with van der Waals surface area (Å²) in [5.41, 5.74) is 2.64. The number of sulfonamides is 1. The normalized spacial score (nSPS) is 10.9. The third kappa shape index (κ3) is 6.33. The summed E-state index contributed by atoms with van der Waals surface area (Å²) in [6.07, 6.45) is 0. The summed E-state index contributed by atoms with van der Waals surface area (Å²) in [7, 11) is -3.78. The second-order valence-electron chi connectivity index (χ2n) is 6.63. The molecule has 3 rings (SSSR count). The third-order valence-electron chi connectivity index (χ3n) is 4.29. The Labute approximate surface area is 192 Å². The van der Waals surface area contributed by atoms with Gasteiger partial charge in [0.2, 0.25) is 0 Å². The number of hydrogen-bond donors (Lipinski definition) is 3. The fraction of sp³-hybridized carbons (Fsp3) is 0.136. The molecule has 0 aliphatic heterocycles. The maximum Gasteiger partial charge on any atom is 0.261 e. The van der Waals surface area contributed by atoms with Crippen molar-refractivity contribution in [2.75, 3.05) is 22.0 Å². The minimum Gasteiger partial charge on any atom is -0.494 e. The summed E-state index contributed by atoms with van der Waals surface area (Å²) in [5.74, 6) is 0.772. The van der Waals surface area contributed by atoms with Gasteiger partial charge < -0.3 is 15.4 Å². The summed E-state index contributed by atoms with van der Waals surface area (Å²) < 4.78 is 33.5. The van der Waals surface area contributed by atoms with Gasteiger partial charge >= 0.3 is 0 Å². The number of anilines is 3. The number of nitrogens with one attached hydrogen (secondary N) is 3. The molecule has 6 nitrogen and oxygen atoms in total. The lowest BCUT2D eigenvalue weighted by Crippen LogP contribution is -2.20. The molecule has 0 aliphatic rings. The van der Waals surface area contributed by atoms with E-state index in [2.05, 4.69) is 15.4 Å². The van der Waals surface area contributed by atoms with Gasteiger partial charge in [-0.25, -0.2) is 8.42 Å². The van der Waals surface area contributed by atoms with Crippen LogP contribution in [0.5, 0.6) is 5.75 Å². The predicted octanol–water partition coefficient (Wildman–Crippen LogP) is 5.66. The van der Waals surface area contributed by atoms with E-state index < -0.39 is 10.0 Å². The van der Waals surface area contributed by atoms with Gasteiger partial charge in [-0.15, -0.1) is 0 Å². The Hall–Kier alpha value is -2.81. The number of aryl methyl sites for hydroxylation is 1. The van der Waals surface area contributed by atoms with Crippen molar-refractivity contribution in [3.63, 3.8) is 0 Å². The lowest BCUT2D eigenvalue weighted by atomic mass is 10.2. The topological polar surface area (TPSA) is 79.5 Å². The van der Waals surface area contributed by atoms with Gasteiger partial charge in [0.1, 0.15) is 5.75 Å². The first-order chi connectivity index (χ1) is 14.8. The first-order valence-corrected chi connectivity index (χ1v) is 11.7. The first kappa shape index (κ1) is 22.9. The number of halogens is 1. The Morgan fingerprint density at radius 2 is 1.61 bits per heavy atom. The van der Waals surface area contributed by atoms with E-state index in [1.165, 1.54) is 0 Å². The van der Waals surface area contributed by atoms with E-state index in [0.29, 0.717) is 28.1 Å². The summed E-state index contributed by atoms with van der Waals surface area (Å²) in [6, 6.07) is 18.6. The molecule has 0 heterocycles. The molecule has 31 heavy (non-hydrogen) atoms. The first-order valence-electron chi connectivity index (χ1n) is 9.47. The van der Waals surface area contributed by atoms with E-state index in [-0.39, 0.29) is 4.90 Å². The quantitative estimate of drug-likeness (QED) is 0.383. The molecule has 0 fully saturated rings. The molecule has 0 bridgehead atoms. The van der Waals surface area contributed by atoms with Crippen LogP contribution in [-0.2, 0) is 10.0 Å². The maximum absolute atomic E-state index is 12.8. The summed E-state index contributed by atoms with van der Waals surface area (Å²) in [5, 5.41) is 7.01. The zero-order valence-corrected chi connectivity index (χ0v) is 19.4. The van der Waals surface area contributed by atoms with E-state index in [0.717, 1.165) is 17.0 Å². The predicted molar refractivity (Wildman–Crippen MR) is 131 cm³/mol. The summed E-state index contributed by atoms with van der Waals surface area (Å²) in [4.78, 5) is 0.111. The highest BCUT2D eigenvalue weighted by molar-refractivity contribution is 7.92. The molecule has 0 spiro atoms. The fourth-order valence-electron chi connectivity index (χ4n) is 2.72. The van der Waals surface area contributed by atoms with Crippen LogP contribution in [0.1, 0.15) is 12.5 Å². The van der Waals surface area contributed by atoms with Crippen LogP contribution in [-0.4, -0.2) is 20.1 Å². The molecule has 0 unspecified atom stereocenters. The number of benzene rings is 3. The molecule has 0 aliphatic carbocycles. The molecule has 3 aromatic carbocycles. The zero-order chi connectivity index (χ0) is 22.4. The molecule has 0 amide bonds. The van der Waals surface area contributed by atoms with E-state index in [4.69, 9.17) is 28.6 Å². The Morgan fingerprint density at radius 1 is 0.968 bits per heavy atom. The summed E-state index contributed by atoms with van der Waals surface area (Å²) >= 11 is 11.2. The Kier molecular flexibility index (Phi) is 7.37.